The lowest BCUT2D eigenvalue weighted by Crippen LogP contribution is -2.07. The normalized spacial score (nSPS) is 12.1. The van der Waals surface area contributed by atoms with Crippen molar-refractivity contribution in [3.8, 4) is 11.5 Å². The Kier molecular flexibility index (Phi) is 13.4. The van der Waals surface area contributed by atoms with Crippen LogP contribution in [0, 0.1) is 0 Å². The highest BCUT2D eigenvalue weighted by Gasteiger charge is 2.40. The van der Waals surface area contributed by atoms with Gasteiger partial charge < -0.3 is 18.8 Å². The fourth-order valence-electron chi connectivity index (χ4n) is 4.06. The Hall–Kier alpha value is -1.62. The fraction of sp³-hybridized carbons (Fsp3) is 0.571. The second-order valence-corrected chi connectivity index (χ2v) is 12.4. The SMILES string of the molecule is CCCCc1ccc(OP(=O)(Oc2ccc(CCCC)cc2CCCC)OP(=O)(O)O)c(CCCC)c1. The van der Waals surface area contributed by atoms with E-state index in [2.05, 4.69) is 27.7 Å². The van der Waals surface area contributed by atoms with Crippen LogP contribution >= 0.6 is 15.6 Å². The molecule has 0 aliphatic carbocycles. The number of aryl methyl sites for hydroxylation is 4. The van der Waals surface area contributed by atoms with Gasteiger partial charge in [-0.3, -0.25) is 0 Å². The van der Waals surface area contributed by atoms with Crippen molar-refractivity contribution in [1.82, 2.24) is 0 Å². The third-order valence-electron chi connectivity index (χ3n) is 6.11. The molecule has 2 aromatic carbocycles. The van der Waals surface area contributed by atoms with Gasteiger partial charge in [0.15, 0.2) is 0 Å². The van der Waals surface area contributed by atoms with Crippen molar-refractivity contribution >= 4 is 15.6 Å². The van der Waals surface area contributed by atoms with Gasteiger partial charge >= 0.3 is 15.6 Å². The lowest BCUT2D eigenvalue weighted by Gasteiger charge is -2.22. The van der Waals surface area contributed by atoms with E-state index in [1.54, 1.807) is 12.1 Å². The Balaban J connectivity index is 2.44. The van der Waals surface area contributed by atoms with Crippen LogP contribution in [0.15, 0.2) is 36.4 Å². The molecule has 0 aliphatic heterocycles. The first-order valence-electron chi connectivity index (χ1n) is 13.6. The molecule has 0 saturated heterocycles. The van der Waals surface area contributed by atoms with Crippen LogP contribution in [-0.4, -0.2) is 9.79 Å². The number of phosphoric ester groups is 1. The Morgan fingerprint density at radius 3 is 1.35 bits per heavy atom. The number of benzene rings is 2. The van der Waals surface area contributed by atoms with Gasteiger partial charge in [-0.1, -0.05) is 77.6 Å². The number of hydrogen-bond acceptors (Lipinski definition) is 5. The van der Waals surface area contributed by atoms with Crippen LogP contribution in [0.4, 0.5) is 0 Å². The van der Waals surface area contributed by atoms with Gasteiger partial charge in [0.05, 0.1) is 0 Å². The van der Waals surface area contributed by atoms with E-state index < -0.39 is 15.6 Å². The van der Waals surface area contributed by atoms with Crippen molar-refractivity contribution in [3.63, 3.8) is 0 Å². The Bertz CT molecular complexity index is 995. The third-order valence-corrected chi connectivity index (χ3v) is 8.61. The minimum atomic E-state index is -5.20. The summed E-state index contributed by atoms with van der Waals surface area (Å²) in [4.78, 5) is 19.1. The minimum Gasteiger partial charge on any atom is -0.394 e. The van der Waals surface area contributed by atoms with Gasteiger partial charge in [-0.15, -0.1) is 0 Å². The Labute approximate surface area is 222 Å². The van der Waals surface area contributed by atoms with Crippen LogP contribution in [0.25, 0.3) is 0 Å². The molecule has 208 valence electrons. The summed E-state index contributed by atoms with van der Waals surface area (Å²) in [5, 5.41) is 0. The third kappa shape index (κ3) is 11.3. The molecule has 0 fully saturated rings. The van der Waals surface area contributed by atoms with Crippen molar-refractivity contribution in [1.29, 1.82) is 0 Å². The molecule has 2 N–H and O–H groups in total. The molecule has 2 rings (SSSR count). The quantitative estimate of drug-likeness (QED) is 0.178. The molecule has 0 aliphatic rings. The standard InChI is InChI=1S/C28H44O7P2/c1-5-9-13-23-17-19-27(25(21-23)15-11-7-3)33-37(32,35-36(29,30)31)34-28-20-18-24(14-10-6-2)22-26(28)16-12-8-4/h17-22H,5-16H2,1-4H3,(H2,29,30,31). The zero-order valence-corrected chi connectivity index (χ0v) is 24.6. The Morgan fingerprint density at radius 2 is 1.00 bits per heavy atom. The molecule has 0 unspecified atom stereocenters. The maximum Gasteiger partial charge on any atom is 0.596 e. The van der Waals surface area contributed by atoms with Crippen LogP contribution in [0.1, 0.15) is 101 Å². The summed E-state index contributed by atoms with van der Waals surface area (Å²) in [6.45, 7) is 8.42. The smallest absolute Gasteiger partial charge is 0.394 e. The number of rotatable bonds is 18. The largest absolute Gasteiger partial charge is 0.596 e. The van der Waals surface area contributed by atoms with Crippen molar-refractivity contribution < 1.29 is 32.3 Å². The van der Waals surface area contributed by atoms with E-state index in [1.165, 1.54) is 0 Å². The van der Waals surface area contributed by atoms with Crippen LogP contribution in [0.3, 0.4) is 0 Å². The van der Waals surface area contributed by atoms with Gasteiger partial charge in [0, 0.05) is 0 Å². The van der Waals surface area contributed by atoms with Gasteiger partial charge in [0.25, 0.3) is 0 Å². The molecule has 0 spiro atoms. The predicted molar refractivity (Wildman–Crippen MR) is 149 cm³/mol. The number of hydrogen-bond donors (Lipinski definition) is 2. The van der Waals surface area contributed by atoms with E-state index in [-0.39, 0.29) is 11.5 Å². The molecule has 0 amide bonds. The average molecular weight is 555 g/mol. The highest BCUT2D eigenvalue weighted by molar-refractivity contribution is 7.61. The lowest BCUT2D eigenvalue weighted by atomic mass is 10.0. The summed E-state index contributed by atoms with van der Waals surface area (Å²) in [5.74, 6) is 0.500. The van der Waals surface area contributed by atoms with E-state index in [0.29, 0.717) is 12.8 Å². The van der Waals surface area contributed by atoms with Crippen molar-refractivity contribution in [2.75, 3.05) is 0 Å². The van der Waals surface area contributed by atoms with Crippen LogP contribution < -0.4 is 9.05 Å². The molecule has 0 aromatic heterocycles. The molecule has 0 radical (unpaired) electrons. The van der Waals surface area contributed by atoms with Crippen LogP contribution in [-0.2, 0) is 39.1 Å². The monoisotopic (exact) mass is 554 g/mol. The highest BCUT2D eigenvalue weighted by Crippen LogP contribution is 2.61. The molecule has 9 heteroatoms. The summed E-state index contributed by atoms with van der Waals surface area (Å²) in [5.41, 5.74) is 3.90. The molecule has 0 bridgehead atoms. The highest BCUT2D eigenvalue weighted by atomic mass is 31.3. The summed E-state index contributed by atoms with van der Waals surface area (Å²) < 4.78 is 41.8. The molecule has 0 heterocycles. The first kappa shape index (κ1) is 31.6. The number of unbranched alkanes of at least 4 members (excludes halogenated alkanes) is 4. The summed E-state index contributed by atoms with van der Waals surface area (Å²) in [6, 6.07) is 11.2. The maximum atomic E-state index is 13.8. The summed E-state index contributed by atoms with van der Waals surface area (Å²) in [7, 11) is -9.93. The van der Waals surface area contributed by atoms with Crippen molar-refractivity contribution in [2.45, 2.75) is 105 Å². The van der Waals surface area contributed by atoms with Gasteiger partial charge in [-0.25, -0.2) is 9.13 Å². The molecule has 0 saturated carbocycles. The average Bonchev–Trinajstić information content (AvgIpc) is 2.84. The fourth-order valence-corrected chi connectivity index (χ4v) is 6.25. The van der Waals surface area contributed by atoms with Crippen LogP contribution in [0.2, 0.25) is 0 Å². The zero-order chi connectivity index (χ0) is 27.3. The zero-order valence-electron chi connectivity index (χ0n) is 22.8. The molecule has 7 nitrogen and oxygen atoms in total. The summed E-state index contributed by atoms with van der Waals surface area (Å²) in [6.07, 6.45) is 11.1. The Morgan fingerprint density at radius 1 is 0.622 bits per heavy atom. The maximum absolute atomic E-state index is 13.8. The van der Waals surface area contributed by atoms with E-state index in [4.69, 9.17) is 13.4 Å². The second kappa shape index (κ2) is 15.7. The molecule has 2 aromatic rings. The second-order valence-electron chi connectivity index (χ2n) is 9.50. The first-order chi connectivity index (χ1) is 17.6. The number of phosphoric acid groups is 2. The van der Waals surface area contributed by atoms with Gasteiger partial charge in [0.1, 0.15) is 11.5 Å². The van der Waals surface area contributed by atoms with Crippen molar-refractivity contribution in [3.05, 3.63) is 58.7 Å². The predicted octanol–water partition coefficient (Wildman–Crippen LogP) is 8.73. The minimum absolute atomic E-state index is 0.250. The van der Waals surface area contributed by atoms with Gasteiger partial charge in [-0.2, -0.15) is 4.31 Å². The molecular formula is C28H44O7P2. The van der Waals surface area contributed by atoms with E-state index in [0.717, 1.165) is 86.5 Å². The van der Waals surface area contributed by atoms with Crippen molar-refractivity contribution in [2.24, 2.45) is 0 Å². The molecule has 37 heavy (non-hydrogen) atoms. The van der Waals surface area contributed by atoms with E-state index >= 15 is 0 Å². The first-order valence-corrected chi connectivity index (χ1v) is 16.6. The molecule has 0 atom stereocenters. The van der Waals surface area contributed by atoms with Gasteiger partial charge in [-0.05, 0) is 85.8 Å². The van der Waals surface area contributed by atoms with Gasteiger partial charge in [0.2, 0.25) is 0 Å². The van der Waals surface area contributed by atoms with E-state index in [1.807, 2.05) is 24.3 Å². The molecular weight excluding hydrogens is 510 g/mol. The van der Waals surface area contributed by atoms with Crippen LogP contribution in [0.5, 0.6) is 11.5 Å². The lowest BCUT2D eigenvalue weighted by molar-refractivity contribution is 0.233. The van der Waals surface area contributed by atoms with E-state index in [9.17, 15) is 18.9 Å². The summed E-state index contributed by atoms with van der Waals surface area (Å²) >= 11 is 0. The topological polar surface area (TPSA) is 102 Å².